The van der Waals surface area contributed by atoms with Crippen molar-refractivity contribution in [2.24, 2.45) is 0 Å². The summed E-state index contributed by atoms with van der Waals surface area (Å²) in [5.74, 6) is -0.140. The molecular weight excluding hydrogens is 364 g/mol. The van der Waals surface area contributed by atoms with Gasteiger partial charge in [-0.05, 0) is 25.1 Å². The third-order valence-electron chi connectivity index (χ3n) is 3.16. The second-order valence-corrected chi connectivity index (χ2v) is 6.47. The molecule has 5 nitrogen and oxygen atoms in total. The summed E-state index contributed by atoms with van der Waals surface area (Å²) in [5.41, 5.74) is 1.85. The molecule has 1 amide bonds. The van der Waals surface area contributed by atoms with E-state index in [4.69, 9.17) is 0 Å². The van der Waals surface area contributed by atoms with E-state index in [0.717, 1.165) is 15.7 Å². The first kappa shape index (κ1) is 14.9. The van der Waals surface area contributed by atoms with E-state index in [1.54, 1.807) is 30.1 Å². The maximum Gasteiger partial charge on any atom is 0.250 e. The first-order chi connectivity index (χ1) is 10.6. The molecular formula is C15H13BrN4OS. The molecule has 3 rings (SSSR count). The molecule has 0 aliphatic carbocycles. The van der Waals surface area contributed by atoms with Gasteiger partial charge in [0, 0.05) is 27.8 Å². The number of hydrogen-bond donors (Lipinski definition) is 1. The minimum absolute atomic E-state index is 0.140. The number of anilines is 1. The number of nitrogens with one attached hydrogen (secondary N) is 1. The smallest absolute Gasteiger partial charge is 0.250 e. The average Bonchev–Trinajstić information content (AvgIpc) is 3.18. The predicted octanol–water partition coefficient (Wildman–Crippen LogP) is 3.97. The lowest BCUT2D eigenvalue weighted by molar-refractivity contribution is -0.119. The van der Waals surface area contributed by atoms with Crippen molar-refractivity contribution in [2.75, 3.05) is 5.32 Å². The van der Waals surface area contributed by atoms with Crippen molar-refractivity contribution in [3.63, 3.8) is 0 Å². The summed E-state index contributed by atoms with van der Waals surface area (Å²) in [5, 5.41) is 9.41. The van der Waals surface area contributed by atoms with Crippen LogP contribution in [-0.4, -0.2) is 20.7 Å². The molecule has 0 aliphatic heterocycles. The Morgan fingerprint density at radius 2 is 2.27 bits per heavy atom. The van der Waals surface area contributed by atoms with Crippen LogP contribution in [0, 0.1) is 0 Å². The first-order valence-electron chi connectivity index (χ1n) is 6.65. The number of aromatic nitrogens is 3. The molecule has 22 heavy (non-hydrogen) atoms. The Hall–Kier alpha value is -1.99. The fraction of sp³-hybridized carbons (Fsp3) is 0.133. The molecule has 2 heterocycles. The molecule has 0 fully saturated rings. The van der Waals surface area contributed by atoms with Crippen LogP contribution in [0.25, 0.3) is 11.3 Å². The second kappa shape index (κ2) is 6.41. The summed E-state index contributed by atoms with van der Waals surface area (Å²) < 4.78 is 2.61. The Bertz CT molecular complexity index is 784. The number of hydrogen-bond acceptors (Lipinski definition) is 4. The Morgan fingerprint density at radius 3 is 3.00 bits per heavy atom. The van der Waals surface area contributed by atoms with Crippen LogP contribution >= 0.6 is 27.3 Å². The molecule has 1 aromatic carbocycles. The molecule has 3 aromatic rings. The van der Waals surface area contributed by atoms with Gasteiger partial charge in [-0.3, -0.25) is 9.48 Å². The van der Waals surface area contributed by atoms with Crippen molar-refractivity contribution < 1.29 is 4.79 Å². The van der Waals surface area contributed by atoms with Gasteiger partial charge in [0.2, 0.25) is 0 Å². The quantitative estimate of drug-likeness (QED) is 0.749. The van der Waals surface area contributed by atoms with Crippen LogP contribution < -0.4 is 5.32 Å². The van der Waals surface area contributed by atoms with E-state index in [2.05, 4.69) is 31.3 Å². The number of benzene rings is 1. The van der Waals surface area contributed by atoms with E-state index in [0.29, 0.717) is 5.13 Å². The van der Waals surface area contributed by atoms with Gasteiger partial charge >= 0.3 is 0 Å². The minimum Gasteiger partial charge on any atom is -0.300 e. The van der Waals surface area contributed by atoms with Crippen LogP contribution in [0.4, 0.5) is 5.13 Å². The number of nitrogens with zero attached hydrogens (tertiary/aromatic N) is 3. The molecule has 1 atom stereocenters. The SMILES string of the molecule is CC(C(=O)Nc1nc(-c2cccc(Br)c2)cs1)n1cccn1. The molecule has 0 bridgehead atoms. The highest BCUT2D eigenvalue weighted by Gasteiger charge is 2.16. The Kier molecular flexibility index (Phi) is 4.35. The number of amides is 1. The predicted molar refractivity (Wildman–Crippen MR) is 90.8 cm³/mol. The number of carbonyl (C=O) groups is 1. The van der Waals surface area contributed by atoms with Gasteiger partial charge in [-0.25, -0.2) is 4.98 Å². The van der Waals surface area contributed by atoms with Gasteiger partial charge < -0.3 is 5.32 Å². The molecule has 0 aliphatic rings. The van der Waals surface area contributed by atoms with E-state index < -0.39 is 0 Å². The summed E-state index contributed by atoms with van der Waals surface area (Å²) in [4.78, 5) is 16.7. The highest BCUT2D eigenvalue weighted by atomic mass is 79.9. The second-order valence-electron chi connectivity index (χ2n) is 4.70. The molecule has 0 saturated carbocycles. The topological polar surface area (TPSA) is 59.8 Å². The molecule has 7 heteroatoms. The highest BCUT2D eigenvalue weighted by Crippen LogP contribution is 2.27. The zero-order valence-electron chi connectivity index (χ0n) is 11.7. The van der Waals surface area contributed by atoms with Crippen molar-refractivity contribution in [2.45, 2.75) is 13.0 Å². The molecule has 0 spiro atoms. The van der Waals surface area contributed by atoms with Crippen LogP contribution in [0.2, 0.25) is 0 Å². The first-order valence-corrected chi connectivity index (χ1v) is 8.32. The number of halogens is 1. The average molecular weight is 377 g/mol. The van der Waals surface area contributed by atoms with Gasteiger partial charge in [0.05, 0.1) is 5.69 Å². The third kappa shape index (κ3) is 3.26. The van der Waals surface area contributed by atoms with Crippen LogP contribution in [0.3, 0.4) is 0 Å². The summed E-state index contributed by atoms with van der Waals surface area (Å²) in [6, 6.07) is 9.30. The van der Waals surface area contributed by atoms with Crippen molar-refractivity contribution in [3.8, 4) is 11.3 Å². The van der Waals surface area contributed by atoms with Gasteiger partial charge in [0.25, 0.3) is 5.91 Å². The Labute approximate surface area is 140 Å². The lowest BCUT2D eigenvalue weighted by Crippen LogP contribution is -2.23. The van der Waals surface area contributed by atoms with E-state index in [1.165, 1.54) is 11.3 Å². The van der Waals surface area contributed by atoms with Crippen molar-refractivity contribution in [1.29, 1.82) is 0 Å². The van der Waals surface area contributed by atoms with Crippen LogP contribution in [-0.2, 0) is 4.79 Å². The normalized spacial score (nSPS) is 12.1. The van der Waals surface area contributed by atoms with Crippen LogP contribution in [0.5, 0.6) is 0 Å². The number of thiazole rings is 1. The van der Waals surface area contributed by atoms with Crippen molar-refractivity contribution in [3.05, 3.63) is 52.6 Å². The van der Waals surface area contributed by atoms with E-state index in [1.807, 2.05) is 29.6 Å². The summed E-state index contributed by atoms with van der Waals surface area (Å²) in [7, 11) is 0. The molecule has 0 radical (unpaired) electrons. The minimum atomic E-state index is -0.381. The molecule has 1 unspecified atom stereocenters. The maximum absolute atomic E-state index is 12.2. The fourth-order valence-electron chi connectivity index (χ4n) is 1.95. The fourth-order valence-corrected chi connectivity index (χ4v) is 3.07. The molecule has 112 valence electrons. The van der Waals surface area contributed by atoms with Gasteiger partial charge in [0.15, 0.2) is 5.13 Å². The molecule has 0 saturated heterocycles. The summed E-state index contributed by atoms with van der Waals surface area (Å²) >= 11 is 4.85. The Balaban J connectivity index is 1.73. The van der Waals surface area contributed by atoms with Gasteiger partial charge in [-0.2, -0.15) is 5.10 Å². The lowest BCUT2D eigenvalue weighted by Gasteiger charge is -2.10. The lowest BCUT2D eigenvalue weighted by atomic mass is 10.2. The van der Waals surface area contributed by atoms with Crippen LogP contribution in [0.1, 0.15) is 13.0 Å². The molecule has 1 N–H and O–H groups in total. The van der Waals surface area contributed by atoms with E-state index in [-0.39, 0.29) is 11.9 Å². The number of carbonyl (C=O) groups excluding carboxylic acids is 1. The largest absolute Gasteiger partial charge is 0.300 e. The highest BCUT2D eigenvalue weighted by molar-refractivity contribution is 9.10. The van der Waals surface area contributed by atoms with E-state index >= 15 is 0 Å². The standard InChI is InChI=1S/C15H13BrN4OS/c1-10(20-7-3-6-17-20)14(21)19-15-18-13(9-22-15)11-4-2-5-12(16)8-11/h2-10H,1H3,(H,18,19,21). The van der Waals surface area contributed by atoms with E-state index in [9.17, 15) is 4.79 Å². The maximum atomic E-state index is 12.2. The van der Waals surface area contributed by atoms with Gasteiger partial charge in [-0.1, -0.05) is 28.1 Å². The van der Waals surface area contributed by atoms with Crippen molar-refractivity contribution >= 4 is 38.3 Å². The van der Waals surface area contributed by atoms with Gasteiger partial charge in [0.1, 0.15) is 6.04 Å². The number of rotatable bonds is 4. The van der Waals surface area contributed by atoms with Crippen LogP contribution in [0.15, 0.2) is 52.6 Å². The monoisotopic (exact) mass is 376 g/mol. The zero-order valence-corrected chi connectivity index (χ0v) is 14.1. The summed E-state index contributed by atoms with van der Waals surface area (Å²) in [6.45, 7) is 1.80. The molecule has 2 aromatic heterocycles. The Morgan fingerprint density at radius 1 is 1.41 bits per heavy atom. The third-order valence-corrected chi connectivity index (χ3v) is 4.41. The zero-order chi connectivity index (χ0) is 15.5. The summed E-state index contributed by atoms with van der Waals surface area (Å²) in [6.07, 6.45) is 3.41. The van der Waals surface area contributed by atoms with Crippen molar-refractivity contribution in [1.82, 2.24) is 14.8 Å². The van der Waals surface area contributed by atoms with Gasteiger partial charge in [-0.15, -0.1) is 11.3 Å².